The molecule has 0 amide bonds. The van der Waals surface area contributed by atoms with Gasteiger partial charge < -0.3 is 9.47 Å². The fraction of sp³-hybridized carbons (Fsp3) is 0.0600. The second-order valence-electron chi connectivity index (χ2n) is 14.7. The van der Waals surface area contributed by atoms with Crippen molar-refractivity contribution < 1.29 is 0 Å². The Kier molecular flexibility index (Phi) is 7.78. The summed E-state index contributed by atoms with van der Waals surface area (Å²) >= 11 is 0. The summed E-state index contributed by atoms with van der Waals surface area (Å²) in [5.74, 6) is 1.40. The molecule has 9 aromatic rings. The first kappa shape index (κ1) is 33.7. The Balaban J connectivity index is 1.23. The van der Waals surface area contributed by atoms with Crippen LogP contribution >= 0.6 is 0 Å². The molecule has 3 heterocycles. The van der Waals surface area contributed by atoms with Crippen molar-refractivity contribution in [3.63, 3.8) is 0 Å². The van der Waals surface area contributed by atoms with Crippen molar-refractivity contribution in [3.8, 4) is 45.9 Å². The van der Waals surface area contributed by atoms with Gasteiger partial charge in [-0.3, -0.25) is 0 Å². The molecule has 57 heavy (non-hydrogen) atoms. The van der Waals surface area contributed by atoms with Crippen molar-refractivity contribution in [2.75, 3.05) is 4.90 Å². The highest BCUT2D eigenvalue weighted by Gasteiger charge is 2.38. The van der Waals surface area contributed by atoms with Crippen LogP contribution in [0.5, 0.6) is 0 Å². The maximum Gasteiger partial charge on any atom is 0.212 e. The third-order valence-corrected chi connectivity index (χ3v) is 11.0. The van der Waals surface area contributed by atoms with E-state index in [2.05, 4.69) is 107 Å². The van der Waals surface area contributed by atoms with E-state index in [0.717, 1.165) is 55.6 Å². The third kappa shape index (κ3) is 5.37. The first-order chi connectivity index (χ1) is 27.9. The van der Waals surface area contributed by atoms with Gasteiger partial charge >= 0.3 is 0 Å². The van der Waals surface area contributed by atoms with E-state index >= 15 is 0 Å². The Labute approximate surface area is 330 Å². The van der Waals surface area contributed by atoms with Gasteiger partial charge in [0.1, 0.15) is 0 Å². The molecular formula is C50H33N7. The molecule has 0 unspecified atom stereocenters. The molecule has 1 aliphatic heterocycles. The summed E-state index contributed by atoms with van der Waals surface area (Å²) in [5, 5.41) is 13.0. The Morgan fingerprint density at radius 2 is 1.14 bits per heavy atom. The zero-order valence-corrected chi connectivity index (χ0v) is 31.2. The van der Waals surface area contributed by atoms with Crippen LogP contribution in [-0.4, -0.2) is 19.5 Å². The summed E-state index contributed by atoms with van der Waals surface area (Å²) in [6.45, 7) is 13.1. The number of rotatable bonds is 5. The molecule has 7 heteroatoms. The van der Waals surface area contributed by atoms with Crippen LogP contribution in [0.15, 0.2) is 164 Å². The van der Waals surface area contributed by atoms with E-state index in [4.69, 9.17) is 21.5 Å². The fourth-order valence-electron chi connectivity index (χ4n) is 8.35. The third-order valence-electron chi connectivity index (χ3n) is 11.0. The van der Waals surface area contributed by atoms with Gasteiger partial charge in [0.2, 0.25) is 5.69 Å². The monoisotopic (exact) mass is 731 g/mol. The Morgan fingerprint density at radius 1 is 0.561 bits per heavy atom. The number of hydrogen-bond donors (Lipinski definition) is 0. The lowest BCUT2D eigenvalue weighted by Crippen LogP contribution is -2.30. The van der Waals surface area contributed by atoms with Gasteiger partial charge in [-0.15, -0.1) is 0 Å². The molecule has 2 aromatic heterocycles. The lowest BCUT2D eigenvalue weighted by molar-refractivity contribution is 0.632. The maximum absolute atomic E-state index is 10.9. The van der Waals surface area contributed by atoms with Gasteiger partial charge in [-0.1, -0.05) is 129 Å². The molecule has 0 N–H and O–H groups in total. The zero-order chi connectivity index (χ0) is 38.7. The van der Waals surface area contributed by atoms with Crippen LogP contribution in [0.4, 0.5) is 22.7 Å². The average Bonchev–Trinajstić information content (AvgIpc) is 3.59. The average molecular weight is 732 g/mol. The summed E-state index contributed by atoms with van der Waals surface area (Å²) in [7, 11) is 0. The van der Waals surface area contributed by atoms with Gasteiger partial charge in [-0.25, -0.2) is 19.8 Å². The minimum Gasteiger partial charge on any atom is -0.318 e. The van der Waals surface area contributed by atoms with Crippen LogP contribution in [0.2, 0.25) is 0 Å². The minimum atomic E-state index is -0.358. The van der Waals surface area contributed by atoms with Crippen LogP contribution < -0.4 is 4.90 Å². The fourth-order valence-corrected chi connectivity index (χ4v) is 8.35. The van der Waals surface area contributed by atoms with Gasteiger partial charge in [0.15, 0.2) is 17.5 Å². The summed E-state index contributed by atoms with van der Waals surface area (Å²) < 4.78 is 2.10. The van der Waals surface area contributed by atoms with E-state index in [9.17, 15) is 5.26 Å². The first-order valence-corrected chi connectivity index (χ1v) is 18.8. The summed E-state index contributed by atoms with van der Waals surface area (Å²) in [6, 6.07) is 57.5. The molecule has 1 aliphatic rings. The smallest absolute Gasteiger partial charge is 0.212 e. The molecule has 0 aliphatic carbocycles. The van der Waals surface area contributed by atoms with Crippen LogP contribution in [0.3, 0.4) is 0 Å². The number of hydrogen-bond acceptors (Lipinski definition) is 5. The summed E-state index contributed by atoms with van der Waals surface area (Å²) in [5.41, 5.74) is 10.6. The second kappa shape index (κ2) is 13.2. The lowest BCUT2D eigenvalue weighted by atomic mass is 9.73. The standard InChI is InChI=1S/C50H33N7/c1-50(2)39-24-14-16-26-43(39)56(36-21-11-6-12-22-36)45-29-38-37-23-13-15-25-42(37)57(44(38)30-40(45)50)46-35(31-51)27-34(28-41(46)52-3)49-54-47(32-17-7-4-8-18-32)53-48(55-49)33-19-9-5-10-20-33/h4-30H,1-2H3. The molecular weight excluding hydrogens is 699 g/mol. The number of nitrogens with zero attached hydrogens (tertiary/aromatic N) is 7. The van der Waals surface area contributed by atoms with Gasteiger partial charge in [0.05, 0.1) is 46.3 Å². The van der Waals surface area contributed by atoms with Gasteiger partial charge in [0.25, 0.3) is 0 Å². The molecule has 0 saturated carbocycles. The van der Waals surface area contributed by atoms with E-state index in [1.165, 1.54) is 5.56 Å². The SMILES string of the molecule is [C-]#[N+]c1cc(-c2nc(-c3ccccc3)nc(-c3ccccc3)n2)cc(C#N)c1-n1c2ccccc2c2cc3c(cc21)C(C)(C)c1ccccc1N3c1ccccc1. The Morgan fingerprint density at radius 3 is 1.79 bits per heavy atom. The molecule has 0 saturated heterocycles. The minimum absolute atomic E-state index is 0.322. The molecule has 7 nitrogen and oxygen atoms in total. The van der Waals surface area contributed by atoms with E-state index < -0.39 is 0 Å². The largest absolute Gasteiger partial charge is 0.318 e. The summed E-state index contributed by atoms with van der Waals surface area (Å²) in [4.78, 5) is 21.1. The van der Waals surface area contributed by atoms with Crippen LogP contribution in [0, 0.1) is 17.9 Å². The molecule has 0 bridgehead atoms. The van der Waals surface area contributed by atoms with E-state index in [-0.39, 0.29) is 5.41 Å². The van der Waals surface area contributed by atoms with E-state index in [1.54, 1.807) is 12.1 Å². The summed E-state index contributed by atoms with van der Waals surface area (Å²) in [6.07, 6.45) is 0. The van der Waals surface area contributed by atoms with Gasteiger partial charge in [-0.2, -0.15) is 5.26 Å². The molecule has 0 spiro atoms. The predicted molar refractivity (Wildman–Crippen MR) is 228 cm³/mol. The number of anilines is 3. The normalized spacial score (nSPS) is 12.8. The topological polar surface area (TPSA) is 75.0 Å². The van der Waals surface area contributed by atoms with Crippen molar-refractivity contribution in [1.82, 2.24) is 19.5 Å². The molecule has 10 rings (SSSR count). The van der Waals surface area contributed by atoms with Crippen LogP contribution in [-0.2, 0) is 5.41 Å². The van der Waals surface area contributed by atoms with E-state index in [0.29, 0.717) is 40.0 Å². The Hall–Kier alpha value is -7.87. The lowest BCUT2D eigenvalue weighted by Gasteiger charge is -2.42. The highest BCUT2D eigenvalue weighted by Crippen LogP contribution is 2.54. The van der Waals surface area contributed by atoms with Crippen LogP contribution in [0.1, 0.15) is 30.5 Å². The van der Waals surface area contributed by atoms with Crippen molar-refractivity contribution >= 4 is 44.6 Å². The number of aromatic nitrogens is 4. The van der Waals surface area contributed by atoms with E-state index in [1.807, 2.05) is 78.9 Å². The van der Waals surface area contributed by atoms with Crippen molar-refractivity contribution in [3.05, 3.63) is 192 Å². The molecule has 0 radical (unpaired) electrons. The van der Waals surface area contributed by atoms with Crippen molar-refractivity contribution in [2.45, 2.75) is 19.3 Å². The molecule has 7 aromatic carbocycles. The molecule has 0 atom stereocenters. The predicted octanol–water partition coefficient (Wildman–Crippen LogP) is 12.5. The highest BCUT2D eigenvalue weighted by molar-refractivity contribution is 6.12. The van der Waals surface area contributed by atoms with Gasteiger partial charge in [-0.05, 0) is 59.7 Å². The number of para-hydroxylation sites is 3. The van der Waals surface area contributed by atoms with Crippen molar-refractivity contribution in [1.29, 1.82) is 5.26 Å². The van der Waals surface area contributed by atoms with Gasteiger partial charge in [0, 0.05) is 38.6 Å². The van der Waals surface area contributed by atoms with Crippen molar-refractivity contribution in [2.24, 2.45) is 0 Å². The first-order valence-electron chi connectivity index (χ1n) is 18.8. The quantitative estimate of drug-likeness (QED) is 0.165. The Bertz CT molecular complexity index is 3020. The molecule has 268 valence electrons. The van der Waals surface area contributed by atoms with Crippen LogP contribution in [0.25, 0.3) is 66.5 Å². The zero-order valence-electron chi connectivity index (χ0n) is 31.2. The second-order valence-corrected chi connectivity index (χ2v) is 14.7. The number of fused-ring (bicyclic) bond motifs is 5. The molecule has 0 fully saturated rings. The number of nitriles is 1. The number of benzene rings is 7. The maximum atomic E-state index is 10.9. The highest BCUT2D eigenvalue weighted by atomic mass is 15.2.